The van der Waals surface area contributed by atoms with Crippen molar-refractivity contribution in [2.24, 2.45) is 0 Å². The summed E-state index contributed by atoms with van der Waals surface area (Å²) in [6.07, 6.45) is 0. The van der Waals surface area contributed by atoms with Crippen molar-refractivity contribution in [1.82, 2.24) is 14.8 Å². The number of anilines is 2. The van der Waals surface area contributed by atoms with E-state index in [1.54, 1.807) is 16.4 Å². The number of nitrogens with one attached hydrogen (secondary N) is 2. The van der Waals surface area contributed by atoms with Crippen LogP contribution in [0.15, 0.2) is 65.0 Å². The summed E-state index contributed by atoms with van der Waals surface area (Å²) in [7, 11) is 0. The molecule has 0 radical (unpaired) electrons. The number of para-hydroxylation sites is 3. The molecule has 9 heteroatoms. The van der Waals surface area contributed by atoms with Gasteiger partial charge in [-0.3, -0.25) is 4.79 Å². The molecule has 1 aliphatic rings. The van der Waals surface area contributed by atoms with Gasteiger partial charge in [-0.15, -0.1) is 5.10 Å². The molecule has 1 aliphatic heterocycles. The lowest BCUT2D eigenvalue weighted by Gasteiger charge is -2.29. The Kier molecular flexibility index (Phi) is 7.42. The third-order valence-corrected chi connectivity index (χ3v) is 6.02. The molecule has 2 N–H and O–H groups in total. The van der Waals surface area contributed by atoms with Crippen molar-refractivity contribution in [2.75, 3.05) is 29.6 Å². The molecule has 0 saturated carbocycles. The molecule has 34 heavy (non-hydrogen) atoms. The monoisotopic (exact) mass is 479 g/mol. The van der Waals surface area contributed by atoms with Crippen LogP contribution in [0.2, 0.25) is 0 Å². The lowest BCUT2D eigenvalue weighted by molar-refractivity contribution is -0.113. The van der Waals surface area contributed by atoms with Crippen LogP contribution in [-0.2, 0) is 4.79 Å². The average molecular weight is 480 g/mol. The summed E-state index contributed by atoms with van der Waals surface area (Å²) in [6, 6.07) is 14.6. The fraction of sp³-hybridized carbons (Fsp3) is 0.320. The predicted octanol–water partition coefficient (Wildman–Crippen LogP) is 5.12. The van der Waals surface area contributed by atoms with E-state index < -0.39 is 6.04 Å². The van der Waals surface area contributed by atoms with Gasteiger partial charge in [-0.2, -0.15) is 4.98 Å². The normalized spacial score (nSPS) is 14.9. The zero-order chi connectivity index (χ0) is 24.1. The zero-order valence-electron chi connectivity index (χ0n) is 19.8. The SMILES string of the molecule is CCOc1ccccc1NC(=O)C1=C(C)Nc2nc(SCC)nn2C1c1ccccc1OCC. The molecular formula is C25H29N5O3S. The molecule has 1 unspecified atom stereocenters. The van der Waals surface area contributed by atoms with E-state index in [1.807, 2.05) is 69.3 Å². The molecule has 4 rings (SSSR count). The number of carbonyl (C=O) groups excluding carboxylic acids is 1. The van der Waals surface area contributed by atoms with Crippen LogP contribution >= 0.6 is 11.8 Å². The maximum atomic E-state index is 13.8. The van der Waals surface area contributed by atoms with Gasteiger partial charge in [0.25, 0.3) is 5.91 Å². The summed E-state index contributed by atoms with van der Waals surface area (Å²) >= 11 is 1.55. The van der Waals surface area contributed by atoms with Gasteiger partial charge in [-0.25, -0.2) is 4.68 Å². The van der Waals surface area contributed by atoms with Crippen molar-refractivity contribution in [2.45, 2.75) is 38.9 Å². The topological polar surface area (TPSA) is 90.3 Å². The summed E-state index contributed by atoms with van der Waals surface area (Å²) < 4.78 is 13.4. The van der Waals surface area contributed by atoms with E-state index in [0.29, 0.717) is 52.8 Å². The Morgan fingerprint density at radius 1 is 1.06 bits per heavy atom. The van der Waals surface area contributed by atoms with Crippen molar-refractivity contribution in [3.63, 3.8) is 0 Å². The number of carbonyl (C=O) groups is 1. The fourth-order valence-corrected chi connectivity index (χ4v) is 4.49. The number of allylic oxidation sites excluding steroid dienone is 1. The Hall–Kier alpha value is -3.46. The minimum Gasteiger partial charge on any atom is -0.494 e. The van der Waals surface area contributed by atoms with E-state index in [-0.39, 0.29) is 5.91 Å². The molecule has 0 saturated heterocycles. The maximum absolute atomic E-state index is 13.8. The van der Waals surface area contributed by atoms with E-state index in [2.05, 4.69) is 22.5 Å². The quantitative estimate of drug-likeness (QED) is 0.412. The largest absolute Gasteiger partial charge is 0.494 e. The first kappa shape index (κ1) is 23.7. The number of hydrogen-bond donors (Lipinski definition) is 2. The second-order valence-corrected chi connectivity index (χ2v) is 8.75. The highest BCUT2D eigenvalue weighted by Gasteiger charge is 2.36. The molecule has 3 aromatic rings. The first-order chi connectivity index (χ1) is 16.6. The van der Waals surface area contributed by atoms with E-state index in [1.165, 1.54) is 0 Å². The molecule has 178 valence electrons. The second kappa shape index (κ2) is 10.6. The van der Waals surface area contributed by atoms with Crippen LogP contribution < -0.4 is 20.1 Å². The van der Waals surface area contributed by atoms with E-state index in [9.17, 15) is 4.79 Å². The van der Waals surface area contributed by atoms with Gasteiger partial charge >= 0.3 is 0 Å². The highest BCUT2D eigenvalue weighted by molar-refractivity contribution is 7.99. The van der Waals surface area contributed by atoms with Gasteiger partial charge in [-0.1, -0.05) is 49.0 Å². The molecule has 1 aromatic heterocycles. The summed E-state index contributed by atoms with van der Waals surface area (Å²) in [4.78, 5) is 18.4. The van der Waals surface area contributed by atoms with Gasteiger partial charge in [0.15, 0.2) is 0 Å². The number of nitrogens with zero attached hydrogens (tertiary/aromatic N) is 3. The second-order valence-electron chi connectivity index (χ2n) is 7.52. The molecular weight excluding hydrogens is 450 g/mol. The third kappa shape index (κ3) is 4.75. The van der Waals surface area contributed by atoms with Crippen LogP contribution in [-0.4, -0.2) is 39.6 Å². The van der Waals surface area contributed by atoms with Gasteiger partial charge < -0.3 is 20.1 Å². The average Bonchev–Trinajstić information content (AvgIpc) is 3.22. The maximum Gasteiger partial charge on any atom is 0.255 e. The lowest BCUT2D eigenvalue weighted by Crippen LogP contribution is -2.32. The van der Waals surface area contributed by atoms with Crippen LogP contribution in [0.4, 0.5) is 11.6 Å². The van der Waals surface area contributed by atoms with Gasteiger partial charge in [0, 0.05) is 11.3 Å². The van der Waals surface area contributed by atoms with Crippen molar-refractivity contribution < 1.29 is 14.3 Å². The number of hydrogen-bond acceptors (Lipinski definition) is 7. The van der Waals surface area contributed by atoms with Crippen LogP contribution in [0.1, 0.15) is 39.3 Å². The van der Waals surface area contributed by atoms with Gasteiger partial charge in [0.05, 0.1) is 24.5 Å². The van der Waals surface area contributed by atoms with Crippen molar-refractivity contribution >= 4 is 29.3 Å². The Bertz CT molecular complexity index is 1210. The van der Waals surface area contributed by atoms with Crippen molar-refractivity contribution in [1.29, 1.82) is 0 Å². The third-order valence-electron chi connectivity index (χ3n) is 5.30. The van der Waals surface area contributed by atoms with Crippen molar-refractivity contribution in [3.8, 4) is 11.5 Å². The van der Waals surface area contributed by atoms with Crippen molar-refractivity contribution in [3.05, 3.63) is 65.4 Å². The Morgan fingerprint density at radius 2 is 1.74 bits per heavy atom. The number of thioether (sulfide) groups is 1. The van der Waals surface area contributed by atoms with Gasteiger partial charge in [0.1, 0.15) is 17.5 Å². The number of aromatic nitrogens is 3. The van der Waals surface area contributed by atoms with E-state index in [4.69, 9.17) is 14.6 Å². The Labute approximate surface area is 203 Å². The highest BCUT2D eigenvalue weighted by Crippen LogP contribution is 2.40. The first-order valence-corrected chi connectivity index (χ1v) is 12.4. The molecule has 0 aliphatic carbocycles. The number of ether oxygens (including phenoxy) is 2. The number of benzene rings is 2. The number of rotatable bonds is 9. The lowest BCUT2D eigenvalue weighted by atomic mass is 9.94. The Morgan fingerprint density at radius 3 is 2.47 bits per heavy atom. The zero-order valence-corrected chi connectivity index (χ0v) is 20.6. The van der Waals surface area contributed by atoms with E-state index in [0.717, 1.165) is 11.3 Å². The molecule has 2 heterocycles. The van der Waals surface area contributed by atoms with E-state index >= 15 is 0 Å². The Balaban J connectivity index is 1.80. The smallest absolute Gasteiger partial charge is 0.255 e. The van der Waals surface area contributed by atoms with Crippen LogP contribution in [0.25, 0.3) is 0 Å². The van der Waals surface area contributed by atoms with Gasteiger partial charge in [-0.05, 0) is 44.7 Å². The standard InChI is InChI=1S/C25H29N5O3S/c1-5-32-19-14-10-8-12-17(19)22-21(16(4)26-24-28-25(34-7-3)29-30(22)24)23(31)27-18-13-9-11-15-20(18)33-6-2/h8-15,22H,5-7H2,1-4H3,(H,27,31)(H,26,28,29). The van der Waals surface area contributed by atoms with Crippen LogP contribution in [0.5, 0.6) is 11.5 Å². The number of fused-ring (bicyclic) bond motifs is 1. The van der Waals surface area contributed by atoms with Crippen LogP contribution in [0, 0.1) is 0 Å². The minimum atomic E-state index is -0.517. The fourth-order valence-electron chi connectivity index (χ4n) is 3.94. The molecule has 0 spiro atoms. The summed E-state index contributed by atoms with van der Waals surface area (Å²) in [5.74, 6) is 2.51. The molecule has 1 amide bonds. The predicted molar refractivity (Wildman–Crippen MR) is 135 cm³/mol. The van der Waals surface area contributed by atoms with Crippen LogP contribution in [0.3, 0.4) is 0 Å². The molecule has 8 nitrogen and oxygen atoms in total. The molecule has 1 atom stereocenters. The molecule has 0 fully saturated rings. The molecule has 0 bridgehead atoms. The minimum absolute atomic E-state index is 0.251. The first-order valence-electron chi connectivity index (χ1n) is 11.4. The summed E-state index contributed by atoms with van der Waals surface area (Å²) in [5.41, 5.74) is 2.69. The van der Waals surface area contributed by atoms with Gasteiger partial charge in [0.2, 0.25) is 11.1 Å². The molecule has 2 aromatic carbocycles. The number of amides is 1. The summed E-state index contributed by atoms with van der Waals surface area (Å²) in [6.45, 7) is 8.79. The highest BCUT2D eigenvalue weighted by atomic mass is 32.2. The summed E-state index contributed by atoms with van der Waals surface area (Å²) in [5, 5.41) is 11.7.